The molecule has 1 rings (SSSR count). The van der Waals surface area contributed by atoms with Gasteiger partial charge in [0.2, 0.25) is 5.82 Å². The molecule has 1 nitrogen and oxygen atoms in total. The Hall–Kier alpha value is -1.33. The second-order valence-electron chi connectivity index (χ2n) is 4.64. The van der Waals surface area contributed by atoms with Gasteiger partial charge in [0.25, 0.3) is 0 Å². The monoisotopic (exact) mass is 295 g/mol. The molecule has 0 aliphatic heterocycles. The summed E-state index contributed by atoms with van der Waals surface area (Å²) in [6.45, 7) is 2.26. The molecule has 0 heterocycles. The first kappa shape index (κ1) is 16.7. The van der Waals surface area contributed by atoms with Crippen LogP contribution in [0, 0.1) is 29.1 Å². The molecule has 0 fully saturated rings. The lowest BCUT2D eigenvalue weighted by Gasteiger charge is -2.10. The van der Waals surface area contributed by atoms with Crippen molar-refractivity contribution < 1.29 is 22.0 Å². The van der Waals surface area contributed by atoms with E-state index >= 15 is 0 Å². The van der Waals surface area contributed by atoms with Crippen LogP contribution >= 0.6 is 0 Å². The first-order valence-electron chi connectivity index (χ1n) is 6.76. The number of rotatable bonds is 8. The molecular formula is C14H18F5N. The highest BCUT2D eigenvalue weighted by Crippen LogP contribution is 2.27. The molecular weight excluding hydrogens is 277 g/mol. The highest BCUT2D eigenvalue weighted by Gasteiger charge is 2.25. The van der Waals surface area contributed by atoms with E-state index in [1.807, 2.05) is 0 Å². The fourth-order valence-corrected chi connectivity index (χ4v) is 1.88. The third-order valence-corrected chi connectivity index (χ3v) is 3.04. The van der Waals surface area contributed by atoms with Crippen LogP contribution in [0.25, 0.3) is 0 Å². The van der Waals surface area contributed by atoms with E-state index in [2.05, 4.69) is 12.2 Å². The zero-order valence-corrected chi connectivity index (χ0v) is 11.3. The molecule has 0 bridgehead atoms. The van der Waals surface area contributed by atoms with Crippen LogP contribution in [0.4, 0.5) is 27.6 Å². The van der Waals surface area contributed by atoms with Crippen LogP contribution in [-0.4, -0.2) is 6.54 Å². The normalized spacial score (nSPS) is 10.9. The number of nitrogens with one attached hydrogen (secondary N) is 1. The summed E-state index contributed by atoms with van der Waals surface area (Å²) in [4.78, 5) is 0. The minimum atomic E-state index is -2.13. The topological polar surface area (TPSA) is 12.0 Å². The third kappa shape index (κ3) is 4.08. The Labute approximate surface area is 115 Å². The van der Waals surface area contributed by atoms with Gasteiger partial charge in [-0.25, -0.2) is 22.0 Å². The Balaban J connectivity index is 2.52. The summed E-state index contributed by atoms with van der Waals surface area (Å²) in [6, 6.07) is 0. The summed E-state index contributed by atoms with van der Waals surface area (Å²) in [5.41, 5.74) is -0.949. The lowest BCUT2D eigenvalue weighted by Crippen LogP contribution is -2.11. The van der Waals surface area contributed by atoms with E-state index in [9.17, 15) is 22.0 Å². The molecule has 1 N–H and O–H groups in total. The van der Waals surface area contributed by atoms with Crippen LogP contribution in [0.5, 0.6) is 0 Å². The molecule has 0 amide bonds. The van der Waals surface area contributed by atoms with Gasteiger partial charge >= 0.3 is 0 Å². The standard InChI is InChI=1S/C14H18F5N/c1-2-3-4-5-6-7-8-20-14-12(18)10(16)9(15)11(17)13(14)19/h20H,2-8H2,1H3. The van der Waals surface area contributed by atoms with E-state index < -0.39 is 34.8 Å². The smallest absolute Gasteiger partial charge is 0.200 e. The highest BCUT2D eigenvalue weighted by molar-refractivity contribution is 5.47. The van der Waals surface area contributed by atoms with Crippen molar-refractivity contribution in [1.82, 2.24) is 0 Å². The number of halogens is 5. The minimum Gasteiger partial charge on any atom is -0.380 e. The van der Waals surface area contributed by atoms with Crippen molar-refractivity contribution in [2.75, 3.05) is 11.9 Å². The molecule has 0 aliphatic carbocycles. The highest BCUT2D eigenvalue weighted by atomic mass is 19.2. The summed E-state index contributed by atoms with van der Waals surface area (Å²) in [5.74, 6) is -9.60. The third-order valence-electron chi connectivity index (χ3n) is 3.04. The predicted octanol–water partition coefficient (Wildman–Crippen LogP) is 5.15. The first-order chi connectivity index (χ1) is 9.50. The lowest BCUT2D eigenvalue weighted by molar-refractivity contribution is 0.381. The molecule has 1 aromatic carbocycles. The molecule has 0 atom stereocenters. The Morgan fingerprint density at radius 3 is 1.65 bits per heavy atom. The zero-order chi connectivity index (χ0) is 15.1. The van der Waals surface area contributed by atoms with E-state index in [1.54, 1.807) is 0 Å². The minimum absolute atomic E-state index is 0.171. The summed E-state index contributed by atoms with van der Waals surface area (Å²) in [5, 5.41) is 2.28. The molecule has 0 spiro atoms. The molecule has 0 unspecified atom stereocenters. The molecule has 114 valence electrons. The largest absolute Gasteiger partial charge is 0.380 e. The van der Waals surface area contributed by atoms with E-state index in [1.165, 1.54) is 0 Å². The van der Waals surface area contributed by atoms with Gasteiger partial charge in [-0.1, -0.05) is 39.0 Å². The van der Waals surface area contributed by atoms with Crippen molar-refractivity contribution >= 4 is 5.69 Å². The summed E-state index contributed by atoms with van der Waals surface area (Å²) >= 11 is 0. The predicted molar refractivity (Wildman–Crippen MR) is 68.1 cm³/mol. The van der Waals surface area contributed by atoms with Crippen LogP contribution in [0.1, 0.15) is 45.4 Å². The summed E-state index contributed by atoms with van der Waals surface area (Å²) < 4.78 is 65.2. The summed E-state index contributed by atoms with van der Waals surface area (Å²) in [6.07, 6.45) is 5.78. The van der Waals surface area contributed by atoms with Crippen molar-refractivity contribution in [3.05, 3.63) is 29.1 Å². The number of unbranched alkanes of at least 4 members (excludes halogenated alkanes) is 5. The fraction of sp³-hybridized carbons (Fsp3) is 0.571. The molecule has 0 radical (unpaired) electrons. The quantitative estimate of drug-likeness (QED) is 0.302. The van der Waals surface area contributed by atoms with Gasteiger partial charge in [0.15, 0.2) is 23.3 Å². The maximum absolute atomic E-state index is 13.3. The van der Waals surface area contributed by atoms with Gasteiger partial charge in [-0.2, -0.15) is 0 Å². The molecule has 1 aromatic rings. The molecule has 20 heavy (non-hydrogen) atoms. The lowest BCUT2D eigenvalue weighted by atomic mass is 10.1. The number of hydrogen-bond acceptors (Lipinski definition) is 1. The van der Waals surface area contributed by atoms with Gasteiger partial charge in [0.1, 0.15) is 5.69 Å². The number of hydrogen-bond donors (Lipinski definition) is 1. The molecule has 0 aromatic heterocycles. The maximum Gasteiger partial charge on any atom is 0.200 e. The average Bonchev–Trinajstić information content (AvgIpc) is 2.45. The van der Waals surface area contributed by atoms with Gasteiger partial charge < -0.3 is 5.32 Å². The second-order valence-corrected chi connectivity index (χ2v) is 4.64. The van der Waals surface area contributed by atoms with Gasteiger partial charge in [-0.05, 0) is 6.42 Å². The SMILES string of the molecule is CCCCCCCCNc1c(F)c(F)c(F)c(F)c1F. The Morgan fingerprint density at radius 1 is 0.650 bits per heavy atom. The number of anilines is 1. The van der Waals surface area contributed by atoms with Gasteiger partial charge in [0, 0.05) is 6.54 Å². The Morgan fingerprint density at radius 2 is 1.10 bits per heavy atom. The average molecular weight is 295 g/mol. The fourth-order valence-electron chi connectivity index (χ4n) is 1.88. The van der Waals surface area contributed by atoms with Gasteiger partial charge in [-0.3, -0.25) is 0 Å². The van der Waals surface area contributed by atoms with Crippen molar-refractivity contribution in [3.63, 3.8) is 0 Å². The van der Waals surface area contributed by atoms with Crippen molar-refractivity contribution in [3.8, 4) is 0 Å². The molecule has 0 saturated heterocycles. The van der Waals surface area contributed by atoms with E-state index in [0.717, 1.165) is 32.1 Å². The Bertz CT molecular complexity index is 419. The van der Waals surface area contributed by atoms with E-state index in [0.29, 0.717) is 6.42 Å². The van der Waals surface area contributed by atoms with Gasteiger partial charge in [0.05, 0.1) is 0 Å². The van der Waals surface area contributed by atoms with Crippen molar-refractivity contribution in [2.45, 2.75) is 45.4 Å². The maximum atomic E-state index is 13.3. The molecule has 6 heteroatoms. The zero-order valence-electron chi connectivity index (χ0n) is 11.3. The van der Waals surface area contributed by atoms with Crippen LogP contribution < -0.4 is 5.32 Å². The van der Waals surface area contributed by atoms with Crippen LogP contribution in [0.15, 0.2) is 0 Å². The molecule has 0 aliphatic rings. The van der Waals surface area contributed by atoms with E-state index in [-0.39, 0.29) is 6.54 Å². The first-order valence-corrected chi connectivity index (χ1v) is 6.76. The number of benzene rings is 1. The van der Waals surface area contributed by atoms with Crippen LogP contribution in [0.2, 0.25) is 0 Å². The van der Waals surface area contributed by atoms with Crippen molar-refractivity contribution in [2.24, 2.45) is 0 Å². The van der Waals surface area contributed by atoms with Gasteiger partial charge in [-0.15, -0.1) is 0 Å². The molecule has 0 saturated carbocycles. The second kappa shape index (κ2) is 8.07. The van der Waals surface area contributed by atoms with Crippen LogP contribution in [0.3, 0.4) is 0 Å². The van der Waals surface area contributed by atoms with Crippen molar-refractivity contribution in [1.29, 1.82) is 0 Å². The summed E-state index contributed by atoms with van der Waals surface area (Å²) in [7, 11) is 0. The van der Waals surface area contributed by atoms with E-state index in [4.69, 9.17) is 0 Å². The van der Waals surface area contributed by atoms with Crippen LogP contribution in [-0.2, 0) is 0 Å². The Kier molecular flexibility index (Phi) is 6.75.